The van der Waals surface area contributed by atoms with Crippen molar-refractivity contribution < 1.29 is 4.79 Å². The van der Waals surface area contributed by atoms with Crippen LogP contribution in [0.2, 0.25) is 0 Å². The highest BCUT2D eigenvalue weighted by atomic mass is 127. The minimum Gasteiger partial charge on any atom is -0.302 e. The van der Waals surface area contributed by atoms with Gasteiger partial charge in [0.1, 0.15) is 5.78 Å². The number of piperidine rings is 1. The lowest BCUT2D eigenvalue weighted by molar-refractivity contribution is -0.121. The molecule has 0 bridgehead atoms. The SMILES string of the molecule is I.O=C1CCN(CCc2ccccc2)CC1. The monoisotopic (exact) mass is 331 g/mol. The van der Waals surface area contributed by atoms with Crippen LogP contribution in [0.4, 0.5) is 0 Å². The highest BCUT2D eigenvalue weighted by molar-refractivity contribution is 14.0. The van der Waals surface area contributed by atoms with Gasteiger partial charge in [-0.25, -0.2) is 0 Å². The molecular weight excluding hydrogens is 313 g/mol. The summed E-state index contributed by atoms with van der Waals surface area (Å²) >= 11 is 0. The number of carbonyl (C=O) groups is 1. The van der Waals surface area contributed by atoms with Crippen molar-refractivity contribution in [2.45, 2.75) is 19.3 Å². The van der Waals surface area contributed by atoms with Crippen LogP contribution in [-0.4, -0.2) is 30.3 Å². The molecule has 0 atom stereocenters. The van der Waals surface area contributed by atoms with Crippen molar-refractivity contribution >= 4 is 29.8 Å². The Hall–Kier alpha value is -0.420. The van der Waals surface area contributed by atoms with Gasteiger partial charge in [0, 0.05) is 32.5 Å². The van der Waals surface area contributed by atoms with Gasteiger partial charge in [0.05, 0.1) is 0 Å². The number of ketones is 1. The molecule has 0 aromatic heterocycles. The molecular formula is C13H18INO. The van der Waals surface area contributed by atoms with Gasteiger partial charge >= 0.3 is 0 Å². The quantitative estimate of drug-likeness (QED) is 0.794. The molecule has 1 aromatic rings. The van der Waals surface area contributed by atoms with Crippen LogP contribution in [0, 0.1) is 0 Å². The lowest BCUT2D eigenvalue weighted by Crippen LogP contribution is -2.35. The van der Waals surface area contributed by atoms with Crippen molar-refractivity contribution in [2.24, 2.45) is 0 Å². The van der Waals surface area contributed by atoms with Gasteiger partial charge < -0.3 is 4.90 Å². The molecule has 1 aromatic carbocycles. The summed E-state index contributed by atoms with van der Waals surface area (Å²) in [5.74, 6) is 0.422. The number of likely N-dealkylation sites (tertiary alicyclic amines) is 1. The first-order valence-corrected chi connectivity index (χ1v) is 5.62. The van der Waals surface area contributed by atoms with Gasteiger partial charge in [-0.05, 0) is 12.0 Å². The average Bonchev–Trinajstić information content (AvgIpc) is 2.30. The van der Waals surface area contributed by atoms with E-state index >= 15 is 0 Å². The molecule has 1 aliphatic rings. The van der Waals surface area contributed by atoms with Gasteiger partial charge in [-0.1, -0.05) is 30.3 Å². The molecule has 1 aliphatic heterocycles. The van der Waals surface area contributed by atoms with Crippen LogP contribution in [0.5, 0.6) is 0 Å². The number of hydrogen-bond acceptors (Lipinski definition) is 2. The van der Waals surface area contributed by atoms with Gasteiger partial charge in [0.15, 0.2) is 0 Å². The van der Waals surface area contributed by atoms with Crippen LogP contribution >= 0.6 is 24.0 Å². The third-order valence-corrected chi connectivity index (χ3v) is 2.97. The van der Waals surface area contributed by atoms with Crippen molar-refractivity contribution in [3.63, 3.8) is 0 Å². The highest BCUT2D eigenvalue weighted by Crippen LogP contribution is 2.07. The second-order valence-corrected chi connectivity index (χ2v) is 4.12. The van der Waals surface area contributed by atoms with Gasteiger partial charge in [-0.2, -0.15) is 0 Å². The van der Waals surface area contributed by atoms with E-state index in [1.807, 2.05) is 6.07 Å². The van der Waals surface area contributed by atoms with Gasteiger partial charge in [-0.3, -0.25) is 4.79 Å². The summed E-state index contributed by atoms with van der Waals surface area (Å²) in [5.41, 5.74) is 1.38. The minimum atomic E-state index is 0. The molecule has 0 unspecified atom stereocenters. The number of nitrogens with zero attached hydrogens (tertiary/aromatic N) is 1. The largest absolute Gasteiger partial charge is 0.302 e. The molecule has 16 heavy (non-hydrogen) atoms. The molecule has 0 radical (unpaired) electrons. The molecule has 0 saturated carbocycles. The summed E-state index contributed by atoms with van der Waals surface area (Å²) in [4.78, 5) is 13.4. The molecule has 1 fully saturated rings. The second kappa shape index (κ2) is 7.01. The van der Waals surface area contributed by atoms with E-state index in [4.69, 9.17) is 0 Å². The first-order chi connectivity index (χ1) is 7.34. The molecule has 3 heteroatoms. The topological polar surface area (TPSA) is 20.3 Å². The molecule has 0 aliphatic carbocycles. The Morgan fingerprint density at radius 2 is 1.69 bits per heavy atom. The van der Waals surface area contributed by atoms with E-state index in [1.54, 1.807) is 0 Å². The Bertz CT molecular complexity index is 316. The maximum Gasteiger partial charge on any atom is 0.135 e. The first kappa shape index (κ1) is 13.6. The molecule has 1 saturated heterocycles. The van der Waals surface area contributed by atoms with E-state index < -0.39 is 0 Å². The smallest absolute Gasteiger partial charge is 0.135 e. The number of rotatable bonds is 3. The Kier molecular flexibility index (Phi) is 5.98. The zero-order chi connectivity index (χ0) is 10.5. The van der Waals surface area contributed by atoms with Gasteiger partial charge in [0.25, 0.3) is 0 Å². The van der Waals surface area contributed by atoms with Crippen molar-refractivity contribution in [1.29, 1.82) is 0 Å². The normalized spacial score (nSPS) is 16.9. The Labute approximate surface area is 114 Å². The van der Waals surface area contributed by atoms with E-state index in [0.29, 0.717) is 5.78 Å². The van der Waals surface area contributed by atoms with Crippen molar-refractivity contribution in [1.82, 2.24) is 4.90 Å². The molecule has 0 N–H and O–H groups in total. The molecule has 2 nitrogen and oxygen atoms in total. The van der Waals surface area contributed by atoms with Crippen LogP contribution in [0.15, 0.2) is 30.3 Å². The fraction of sp³-hybridized carbons (Fsp3) is 0.462. The lowest BCUT2D eigenvalue weighted by Gasteiger charge is -2.25. The predicted octanol–water partition coefficient (Wildman–Crippen LogP) is 2.51. The number of Topliss-reactive ketones (excluding diaryl/α,β-unsaturated/α-hetero) is 1. The van der Waals surface area contributed by atoms with Crippen LogP contribution in [0.25, 0.3) is 0 Å². The van der Waals surface area contributed by atoms with Crippen molar-refractivity contribution in [3.05, 3.63) is 35.9 Å². The van der Waals surface area contributed by atoms with E-state index in [0.717, 1.165) is 38.9 Å². The Morgan fingerprint density at radius 1 is 1.06 bits per heavy atom. The lowest BCUT2D eigenvalue weighted by atomic mass is 10.1. The zero-order valence-electron chi connectivity index (χ0n) is 9.39. The third kappa shape index (κ3) is 4.22. The summed E-state index contributed by atoms with van der Waals surface area (Å²) < 4.78 is 0. The summed E-state index contributed by atoms with van der Waals surface area (Å²) in [7, 11) is 0. The molecule has 0 amide bonds. The van der Waals surface area contributed by atoms with Crippen molar-refractivity contribution in [2.75, 3.05) is 19.6 Å². The number of benzene rings is 1. The van der Waals surface area contributed by atoms with Crippen LogP contribution in [0.1, 0.15) is 18.4 Å². The fourth-order valence-corrected chi connectivity index (χ4v) is 1.96. The maximum atomic E-state index is 11.1. The molecule has 0 spiro atoms. The maximum absolute atomic E-state index is 11.1. The fourth-order valence-electron chi connectivity index (χ4n) is 1.96. The van der Waals surface area contributed by atoms with Gasteiger partial charge in [-0.15, -0.1) is 24.0 Å². The number of hydrogen-bond donors (Lipinski definition) is 0. The van der Waals surface area contributed by atoms with E-state index in [2.05, 4.69) is 29.2 Å². The molecule has 1 heterocycles. The number of carbonyl (C=O) groups excluding carboxylic acids is 1. The Morgan fingerprint density at radius 3 is 2.31 bits per heavy atom. The Balaban J connectivity index is 0.00000128. The summed E-state index contributed by atoms with van der Waals surface area (Å²) in [6, 6.07) is 10.5. The van der Waals surface area contributed by atoms with Crippen molar-refractivity contribution in [3.8, 4) is 0 Å². The van der Waals surface area contributed by atoms with Crippen LogP contribution in [0.3, 0.4) is 0 Å². The van der Waals surface area contributed by atoms with E-state index in [1.165, 1.54) is 5.56 Å². The zero-order valence-corrected chi connectivity index (χ0v) is 11.7. The minimum absolute atomic E-state index is 0. The standard InChI is InChI=1S/C13H17NO.HI/c15-13-7-10-14(11-8-13)9-6-12-4-2-1-3-5-12;/h1-5H,6-11H2;1H. The second-order valence-electron chi connectivity index (χ2n) is 4.12. The molecule has 2 rings (SSSR count). The summed E-state index contributed by atoms with van der Waals surface area (Å²) in [5, 5.41) is 0. The third-order valence-electron chi connectivity index (χ3n) is 2.97. The summed E-state index contributed by atoms with van der Waals surface area (Å²) in [6.45, 7) is 2.98. The van der Waals surface area contributed by atoms with Crippen LogP contribution < -0.4 is 0 Å². The van der Waals surface area contributed by atoms with Crippen LogP contribution in [-0.2, 0) is 11.2 Å². The summed E-state index contributed by atoms with van der Waals surface area (Å²) in [6.07, 6.45) is 2.58. The van der Waals surface area contributed by atoms with E-state index in [9.17, 15) is 4.79 Å². The predicted molar refractivity (Wildman–Crippen MR) is 76.2 cm³/mol. The average molecular weight is 331 g/mol. The highest BCUT2D eigenvalue weighted by Gasteiger charge is 2.15. The van der Waals surface area contributed by atoms with Gasteiger partial charge in [0.2, 0.25) is 0 Å². The van der Waals surface area contributed by atoms with E-state index in [-0.39, 0.29) is 24.0 Å². The first-order valence-electron chi connectivity index (χ1n) is 5.62. The molecule has 88 valence electrons. The number of halogens is 1.